The first-order valence-corrected chi connectivity index (χ1v) is 13.2. The molecule has 0 radical (unpaired) electrons. The molecular formula is C29H29F4N5O2. The SMILES string of the molecule is C/C=C(/c1cc2c(c(C(F)(F)F)c1)CN(c1cccc(C3(Cc4nncn4C)COC3)c1)C2=O)N1CC[C@H](F)C1. The molecular weight excluding hydrogens is 526 g/mol. The summed E-state index contributed by atoms with van der Waals surface area (Å²) in [5, 5.41) is 8.16. The minimum absolute atomic E-state index is 0.0198. The summed E-state index contributed by atoms with van der Waals surface area (Å²) in [4.78, 5) is 16.8. The molecule has 0 N–H and O–H groups in total. The van der Waals surface area contributed by atoms with Crippen molar-refractivity contribution in [3.05, 3.63) is 82.4 Å². The molecule has 0 bridgehead atoms. The fourth-order valence-electron chi connectivity index (χ4n) is 5.98. The molecule has 3 aliphatic heterocycles. The second-order valence-electron chi connectivity index (χ2n) is 10.8. The number of carbonyl (C=O) groups excluding carboxylic acids is 1. The Balaban J connectivity index is 1.36. The number of anilines is 1. The molecule has 1 aromatic heterocycles. The van der Waals surface area contributed by atoms with Crippen molar-refractivity contribution in [2.24, 2.45) is 7.05 Å². The molecule has 11 heteroatoms. The van der Waals surface area contributed by atoms with Crippen LogP contribution < -0.4 is 4.90 Å². The number of ether oxygens (including phenoxy) is 1. The third-order valence-corrected chi connectivity index (χ3v) is 8.22. The lowest BCUT2D eigenvalue weighted by Crippen LogP contribution is -2.49. The number of halogens is 4. The Labute approximate surface area is 229 Å². The standard InChI is InChI=1S/C29H29F4N5O2/c1-3-25(37-8-7-20(30)13-37)18-9-22-23(24(10-18)29(31,32)33)14-38(27(22)39)21-6-4-5-19(11-21)28(15-40-16-28)12-26-35-34-17-36(26)2/h3-6,9-11,17,20H,7-8,12-16H2,1-2H3/b25-3-/t20-/m0/s1. The Morgan fingerprint density at radius 3 is 2.62 bits per heavy atom. The molecule has 1 atom stereocenters. The molecule has 4 heterocycles. The molecule has 210 valence electrons. The van der Waals surface area contributed by atoms with Gasteiger partial charge in [0.25, 0.3) is 5.91 Å². The van der Waals surface area contributed by atoms with Gasteiger partial charge in [-0.1, -0.05) is 18.2 Å². The lowest BCUT2D eigenvalue weighted by atomic mass is 9.75. The van der Waals surface area contributed by atoms with Gasteiger partial charge in [-0.25, -0.2) is 4.39 Å². The largest absolute Gasteiger partial charge is 0.416 e. The Kier molecular flexibility index (Phi) is 6.44. The van der Waals surface area contributed by atoms with E-state index in [2.05, 4.69) is 10.2 Å². The summed E-state index contributed by atoms with van der Waals surface area (Å²) in [7, 11) is 1.87. The van der Waals surface area contributed by atoms with Crippen molar-refractivity contribution >= 4 is 17.3 Å². The number of fused-ring (bicyclic) bond motifs is 1. The van der Waals surface area contributed by atoms with E-state index in [4.69, 9.17) is 4.74 Å². The predicted octanol–water partition coefficient (Wildman–Crippen LogP) is 4.91. The summed E-state index contributed by atoms with van der Waals surface area (Å²) in [5.74, 6) is 0.296. The van der Waals surface area contributed by atoms with Gasteiger partial charge in [0.05, 0.1) is 25.3 Å². The number of aromatic nitrogens is 3. The highest BCUT2D eigenvalue weighted by atomic mass is 19.4. The highest BCUT2D eigenvalue weighted by Crippen LogP contribution is 2.43. The van der Waals surface area contributed by atoms with Gasteiger partial charge in [0.2, 0.25) is 0 Å². The highest BCUT2D eigenvalue weighted by Gasteiger charge is 2.44. The van der Waals surface area contributed by atoms with Crippen molar-refractivity contribution in [1.29, 1.82) is 0 Å². The Hall–Kier alpha value is -3.73. The van der Waals surface area contributed by atoms with Crippen LogP contribution in [0.25, 0.3) is 5.70 Å². The van der Waals surface area contributed by atoms with Crippen molar-refractivity contribution in [2.45, 2.75) is 44.1 Å². The third kappa shape index (κ3) is 4.46. The molecule has 2 fully saturated rings. The summed E-state index contributed by atoms with van der Waals surface area (Å²) >= 11 is 0. The number of rotatable bonds is 6. The topological polar surface area (TPSA) is 63.5 Å². The van der Waals surface area contributed by atoms with Crippen LogP contribution in [0.4, 0.5) is 23.2 Å². The molecule has 3 aromatic rings. The van der Waals surface area contributed by atoms with Crippen LogP contribution in [-0.4, -0.2) is 58.0 Å². The van der Waals surface area contributed by atoms with E-state index in [1.54, 1.807) is 30.3 Å². The van der Waals surface area contributed by atoms with Gasteiger partial charge in [-0.15, -0.1) is 10.2 Å². The minimum atomic E-state index is -4.66. The average molecular weight is 556 g/mol. The molecule has 0 spiro atoms. The summed E-state index contributed by atoms with van der Waals surface area (Å²) in [5.41, 5.74) is 0.960. The van der Waals surface area contributed by atoms with E-state index in [0.29, 0.717) is 44.0 Å². The third-order valence-electron chi connectivity index (χ3n) is 8.22. The molecule has 0 unspecified atom stereocenters. The van der Waals surface area contributed by atoms with E-state index >= 15 is 0 Å². The number of alkyl halides is 4. The van der Waals surface area contributed by atoms with Crippen molar-refractivity contribution in [2.75, 3.05) is 31.2 Å². The number of likely N-dealkylation sites (tertiary alicyclic amines) is 1. The number of amides is 1. The van der Waals surface area contributed by atoms with Gasteiger partial charge in [0.15, 0.2) is 0 Å². The molecule has 1 amide bonds. The Bertz CT molecular complexity index is 1490. The second kappa shape index (κ2) is 9.72. The highest BCUT2D eigenvalue weighted by molar-refractivity contribution is 6.10. The van der Waals surface area contributed by atoms with E-state index in [-0.39, 0.29) is 35.2 Å². The van der Waals surface area contributed by atoms with Crippen molar-refractivity contribution in [3.8, 4) is 0 Å². The number of carbonyl (C=O) groups is 1. The molecule has 2 saturated heterocycles. The lowest BCUT2D eigenvalue weighted by Gasteiger charge is -2.42. The van der Waals surface area contributed by atoms with Crippen LogP contribution in [-0.2, 0) is 36.3 Å². The molecule has 40 heavy (non-hydrogen) atoms. The lowest BCUT2D eigenvalue weighted by molar-refractivity contribution is -0.138. The van der Waals surface area contributed by atoms with Gasteiger partial charge in [-0.2, -0.15) is 13.2 Å². The van der Waals surface area contributed by atoms with Crippen molar-refractivity contribution < 1.29 is 27.1 Å². The summed E-state index contributed by atoms with van der Waals surface area (Å²) < 4.78 is 64.3. The van der Waals surface area contributed by atoms with Crippen LogP contribution in [0.1, 0.15) is 51.8 Å². The number of allylic oxidation sites excluding steroid dienone is 1. The number of hydrogen-bond donors (Lipinski definition) is 0. The molecule has 3 aliphatic rings. The minimum Gasteiger partial charge on any atom is -0.379 e. The molecule has 7 nitrogen and oxygen atoms in total. The van der Waals surface area contributed by atoms with Gasteiger partial charge in [-0.05, 0) is 54.3 Å². The number of aryl methyl sites for hydroxylation is 1. The van der Waals surface area contributed by atoms with Crippen LogP contribution in [0.5, 0.6) is 0 Å². The van der Waals surface area contributed by atoms with E-state index in [0.717, 1.165) is 17.5 Å². The molecule has 6 rings (SSSR count). The smallest absolute Gasteiger partial charge is 0.379 e. The number of hydrogen-bond acceptors (Lipinski definition) is 5. The fraction of sp³-hybridized carbons (Fsp3) is 0.414. The molecule has 2 aromatic carbocycles. The monoisotopic (exact) mass is 555 g/mol. The molecule has 0 saturated carbocycles. The summed E-state index contributed by atoms with van der Waals surface area (Å²) in [6.45, 7) is 2.96. The first-order valence-electron chi connectivity index (χ1n) is 13.2. The van der Waals surface area contributed by atoms with Crippen molar-refractivity contribution in [3.63, 3.8) is 0 Å². The Morgan fingerprint density at radius 1 is 1.23 bits per heavy atom. The first kappa shape index (κ1) is 26.5. The first-order chi connectivity index (χ1) is 19.1. The number of benzene rings is 2. The fourth-order valence-corrected chi connectivity index (χ4v) is 5.98. The second-order valence-corrected chi connectivity index (χ2v) is 10.8. The number of nitrogens with zero attached hydrogens (tertiary/aromatic N) is 5. The van der Waals surface area contributed by atoms with Crippen LogP contribution in [0, 0.1) is 0 Å². The van der Waals surface area contributed by atoms with Crippen LogP contribution in [0.15, 0.2) is 48.8 Å². The molecule has 0 aliphatic carbocycles. The zero-order valence-corrected chi connectivity index (χ0v) is 22.2. The quantitative estimate of drug-likeness (QED) is 0.405. The van der Waals surface area contributed by atoms with Crippen molar-refractivity contribution in [1.82, 2.24) is 19.7 Å². The summed E-state index contributed by atoms with van der Waals surface area (Å²) in [6, 6.07) is 9.97. The normalized spacial score (nSPS) is 20.7. The van der Waals surface area contributed by atoms with Gasteiger partial charge in [0.1, 0.15) is 18.3 Å². The van der Waals surface area contributed by atoms with E-state index in [9.17, 15) is 22.4 Å². The predicted molar refractivity (Wildman–Crippen MR) is 140 cm³/mol. The van der Waals surface area contributed by atoms with Crippen LogP contribution >= 0.6 is 0 Å². The van der Waals surface area contributed by atoms with E-state index in [1.807, 2.05) is 29.8 Å². The van der Waals surface area contributed by atoms with Gasteiger partial charge >= 0.3 is 6.18 Å². The van der Waals surface area contributed by atoms with Crippen LogP contribution in [0.2, 0.25) is 0 Å². The van der Waals surface area contributed by atoms with Gasteiger partial charge in [0, 0.05) is 48.9 Å². The maximum Gasteiger partial charge on any atom is 0.416 e. The average Bonchev–Trinajstić information content (AvgIpc) is 3.60. The maximum atomic E-state index is 14.3. The zero-order chi connectivity index (χ0) is 28.2. The van der Waals surface area contributed by atoms with Gasteiger partial charge in [-0.3, -0.25) is 4.79 Å². The van der Waals surface area contributed by atoms with Gasteiger partial charge < -0.3 is 19.1 Å². The zero-order valence-electron chi connectivity index (χ0n) is 22.2. The van der Waals surface area contributed by atoms with E-state index < -0.39 is 23.8 Å². The summed E-state index contributed by atoms with van der Waals surface area (Å²) in [6.07, 6.45) is -1.49. The van der Waals surface area contributed by atoms with E-state index in [1.165, 1.54) is 11.0 Å². The Morgan fingerprint density at radius 2 is 2.02 bits per heavy atom. The van der Waals surface area contributed by atoms with Crippen LogP contribution in [0.3, 0.4) is 0 Å². The maximum absolute atomic E-state index is 14.3.